The van der Waals surface area contributed by atoms with Gasteiger partial charge in [0.25, 0.3) is 0 Å². The number of nitrogens with zero attached hydrogens (tertiary/aromatic N) is 2. The minimum Gasteiger partial charge on any atom is -0.323 e. The largest absolute Gasteiger partial charge is 0.323 e. The number of hydrogen-bond acceptors (Lipinski definition) is 2. The second-order valence-corrected chi connectivity index (χ2v) is 3.64. The summed E-state index contributed by atoms with van der Waals surface area (Å²) in [5.41, 5.74) is 0. The highest BCUT2D eigenvalue weighted by atomic mass is 16.2. The topological polar surface area (TPSA) is 40.6 Å². The average Bonchev–Trinajstić information content (AvgIpc) is 2.29. The summed E-state index contributed by atoms with van der Waals surface area (Å²) in [6, 6.07) is 0.299. The Morgan fingerprint density at radius 2 is 2.23 bits per heavy atom. The van der Waals surface area contributed by atoms with Crippen molar-refractivity contribution >= 4 is 11.8 Å². The number of likely N-dealkylation sites (N-methyl/N-ethyl adjacent to an activating group) is 1. The lowest BCUT2D eigenvalue weighted by Gasteiger charge is -2.14. The summed E-state index contributed by atoms with van der Waals surface area (Å²) in [5, 5.41) is 0. The number of ketones is 1. The molecule has 1 aliphatic rings. The monoisotopic (exact) mass is 184 g/mol. The second kappa shape index (κ2) is 3.77. The maximum Gasteiger partial charge on any atom is 0.320 e. The first-order valence-electron chi connectivity index (χ1n) is 4.53. The van der Waals surface area contributed by atoms with Crippen molar-refractivity contribution in [3.63, 3.8) is 0 Å². The van der Waals surface area contributed by atoms with Crippen LogP contribution in [0.2, 0.25) is 0 Å². The lowest BCUT2D eigenvalue weighted by Crippen LogP contribution is -2.31. The van der Waals surface area contributed by atoms with Crippen molar-refractivity contribution in [3.8, 4) is 0 Å². The van der Waals surface area contributed by atoms with Crippen molar-refractivity contribution in [1.29, 1.82) is 0 Å². The van der Waals surface area contributed by atoms with E-state index >= 15 is 0 Å². The average molecular weight is 184 g/mol. The quantitative estimate of drug-likeness (QED) is 0.648. The third kappa shape index (κ3) is 2.20. The van der Waals surface area contributed by atoms with E-state index in [1.54, 1.807) is 23.8 Å². The molecule has 0 aromatic carbocycles. The Bertz CT molecular complexity index is 228. The number of amides is 2. The van der Waals surface area contributed by atoms with Gasteiger partial charge in [0.1, 0.15) is 5.78 Å². The molecule has 13 heavy (non-hydrogen) atoms. The summed E-state index contributed by atoms with van der Waals surface area (Å²) in [4.78, 5) is 25.6. The highest BCUT2D eigenvalue weighted by Crippen LogP contribution is 2.13. The molecule has 0 aromatic rings. The van der Waals surface area contributed by atoms with E-state index in [2.05, 4.69) is 0 Å². The molecule has 1 aliphatic heterocycles. The first-order chi connectivity index (χ1) is 6.02. The molecule has 0 aliphatic carbocycles. The van der Waals surface area contributed by atoms with Crippen molar-refractivity contribution < 1.29 is 9.59 Å². The third-order valence-corrected chi connectivity index (χ3v) is 2.45. The van der Waals surface area contributed by atoms with E-state index in [1.165, 1.54) is 0 Å². The Labute approximate surface area is 78.5 Å². The van der Waals surface area contributed by atoms with Gasteiger partial charge in [-0.1, -0.05) is 0 Å². The fourth-order valence-corrected chi connectivity index (χ4v) is 1.41. The molecule has 2 amide bonds. The first-order valence-corrected chi connectivity index (χ1v) is 4.53. The lowest BCUT2D eigenvalue weighted by molar-refractivity contribution is -0.117. The van der Waals surface area contributed by atoms with E-state index in [9.17, 15) is 9.59 Å². The molecule has 0 bridgehead atoms. The lowest BCUT2D eigenvalue weighted by atomic mass is 10.3. The minimum atomic E-state index is 0.0359. The zero-order valence-corrected chi connectivity index (χ0v) is 8.41. The van der Waals surface area contributed by atoms with Gasteiger partial charge in [0, 0.05) is 32.6 Å². The van der Waals surface area contributed by atoms with Crippen LogP contribution < -0.4 is 0 Å². The van der Waals surface area contributed by atoms with Crippen molar-refractivity contribution in [1.82, 2.24) is 9.80 Å². The fraction of sp³-hybridized carbons (Fsp3) is 0.778. The maximum atomic E-state index is 11.5. The molecule has 1 rings (SSSR count). The van der Waals surface area contributed by atoms with Crippen molar-refractivity contribution in [2.75, 3.05) is 20.1 Å². The molecule has 1 atom stereocenters. The molecule has 1 unspecified atom stereocenters. The van der Waals surface area contributed by atoms with Crippen LogP contribution >= 0.6 is 0 Å². The smallest absolute Gasteiger partial charge is 0.320 e. The van der Waals surface area contributed by atoms with Crippen molar-refractivity contribution in [2.24, 2.45) is 0 Å². The van der Waals surface area contributed by atoms with Gasteiger partial charge < -0.3 is 9.80 Å². The van der Waals surface area contributed by atoms with E-state index in [0.29, 0.717) is 13.0 Å². The normalized spacial score (nSPS) is 22.7. The maximum absolute atomic E-state index is 11.5. The first kappa shape index (κ1) is 10.0. The van der Waals surface area contributed by atoms with Gasteiger partial charge in [0.05, 0.1) is 0 Å². The second-order valence-electron chi connectivity index (χ2n) is 3.64. The molecule has 1 fully saturated rings. The van der Waals surface area contributed by atoms with Crippen LogP contribution in [0, 0.1) is 0 Å². The predicted octanol–water partition coefficient (Wildman–Crippen LogP) is 0.721. The molecule has 0 radical (unpaired) electrons. The van der Waals surface area contributed by atoms with Crippen molar-refractivity contribution in [2.45, 2.75) is 26.3 Å². The zero-order chi connectivity index (χ0) is 10.0. The standard InChI is InChI=1S/C9H16N2O2/c1-7-6-11(5-4-8(2)12)9(13)10(7)3/h7H,4-6H2,1-3H3. The number of carbonyl (C=O) groups excluding carboxylic acids is 2. The molecule has 74 valence electrons. The molecule has 1 heterocycles. The number of carbonyl (C=O) groups is 2. The van der Waals surface area contributed by atoms with E-state index < -0.39 is 0 Å². The van der Waals surface area contributed by atoms with E-state index in [4.69, 9.17) is 0 Å². The Balaban J connectivity index is 2.44. The molecule has 0 spiro atoms. The summed E-state index contributed by atoms with van der Waals surface area (Å²) in [6.45, 7) is 4.85. The van der Waals surface area contributed by atoms with Crippen molar-refractivity contribution in [3.05, 3.63) is 0 Å². The Morgan fingerprint density at radius 1 is 1.62 bits per heavy atom. The van der Waals surface area contributed by atoms with Crippen LogP contribution in [-0.4, -0.2) is 47.8 Å². The van der Waals surface area contributed by atoms with Crippen LogP contribution in [0.1, 0.15) is 20.3 Å². The summed E-state index contributed by atoms with van der Waals surface area (Å²) in [7, 11) is 1.79. The highest BCUT2D eigenvalue weighted by Gasteiger charge is 2.30. The molecule has 4 nitrogen and oxygen atoms in total. The number of rotatable bonds is 3. The number of Topliss-reactive ketones (excluding diaryl/α,β-unsaturated/α-hetero) is 1. The highest BCUT2D eigenvalue weighted by molar-refractivity contribution is 5.79. The number of hydrogen-bond donors (Lipinski definition) is 0. The summed E-state index contributed by atoms with van der Waals surface area (Å²) >= 11 is 0. The van der Waals surface area contributed by atoms with E-state index in [-0.39, 0.29) is 17.9 Å². The third-order valence-electron chi connectivity index (χ3n) is 2.45. The van der Waals surface area contributed by atoms with E-state index in [1.807, 2.05) is 6.92 Å². The van der Waals surface area contributed by atoms with Gasteiger partial charge in [-0.2, -0.15) is 0 Å². The summed E-state index contributed by atoms with van der Waals surface area (Å²) in [6.07, 6.45) is 0.465. The van der Waals surface area contributed by atoms with Crippen LogP contribution in [0.15, 0.2) is 0 Å². The zero-order valence-electron chi connectivity index (χ0n) is 8.41. The number of urea groups is 1. The van der Waals surface area contributed by atoms with Gasteiger partial charge in [-0.15, -0.1) is 0 Å². The molecule has 0 aromatic heterocycles. The van der Waals surface area contributed by atoms with Gasteiger partial charge in [-0.3, -0.25) is 4.79 Å². The van der Waals surface area contributed by atoms with Gasteiger partial charge in [0.15, 0.2) is 0 Å². The summed E-state index contributed by atoms with van der Waals surface area (Å²) in [5.74, 6) is 0.134. The van der Waals surface area contributed by atoms with Crippen LogP contribution in [0.5, 0.6) is 0 Å². The molecule has 0 saturated carbocycles. The molecular formula is C9H16N2O2. The minimum absolute atomic E-state index is 0.0359. The van der Waals surface area contributed by atoms with Gasteiger partial charge >= 0.3 is 6.03 Å². The van der Waals surface area contributed by atoms with Crippen LogP contribution in [0.4, 0.5) is 4.79 Å². The molecular weight excluding hydrogens is 168 g/mol. The SMILES string of the molecule is CC(=O)CCN1CC(C)N(C)C1=O. The van der Waals surface area contributed by atoms with Crippen LogP contribution in [0.3, 0.4) is 0 Å². The molecule has 0 N–H and O–H groups in total. The molecule has 1 saturated heterocycles. The van der Waals surface area contributed by atoms with Gasteiger partial charge in [-0.25, -0.2) is 4.79 Å². The van der Waals surface area contributed by atoms with Gasteiger partial charge in [-0.05, 0) is 13.8 Å². The van der Waals surface area contributed by atoms with Crippen LogP contribution in [0.25, 0.3) is 0 Å². The Kier molecular flexibility index (Phi) is 2.90. The Morgan fingerprint density at radius 3 is 2.62 bits per heavy atom. The molecule has 4 heteroatoms. The van der Waals surface area contributed by atoms with Crippen LogP contribution in [-0.2, 0) is 4.79 Å². The Hall–Kier alpha value is -1.06. The predicted molar refractivity (Wildman–Crippen MR) is 49.5 cm³/mol. The van der Waals surface area contributed by atoms with E-state index in [0.717, 1.165) is 6.54 Å². The fourth-order valence-electron chi connectivity index (χ4n) is 1.41. The van der Waals surface area contributed by atoms with Gasteiger partial charge in [0.2, 0.25) is 0 Å². The summed E-state index contributed by atoms with van der Waals surface area (Å²) < 4.78 is 0.